The average Bonchev–Trinajstić information content (AvgIpc) is 2.64. The van der Waals surface area contributed by atoms with Crippen LogP contribution in [0.5, 0.6) is 0 Å². The highest BCUT2D eigenvalue weighted by Crippen LogP contribution is 2.28. The molecule has 4 nitrogen and oxygen atoms in total. The van der Waals surface area contributed by atoms with Crippen LogP contribution in [0.3, 0.4) is 0 Å². The predicted octanol–water partition coefficient (Wildman–Crippen LogP) is 5.75. The number of benzene rings is 2. The van der Waals surface area contributed by atoms with Gasteiger partial charge in [0.2, 0.25) is 0 Å². The van der Waals surface area contributed by atoms with Gasteiger partial charge in [0.1, 0.15) is 10.3 Å². The number of rotatable bonds is 3. The molecule has 0 aliphatic carbocycles. The van der Waals surface area contributed by atoms with Crippen molar-refractivity contribution in [2.24, 2.45) is 0 Å². The molecule has 0 fully saturated rings. The van der Waals surface area contributed by atoms with E-state index in [-0.39, 0.29) is 20.7 Å². The lowest BCUT2D eigenvalue weighted by Crippen LogP contribution is -2.55. The molecule has 0 saturated carbocycles. The van der Waals surface area contributed by atoms with E-state index in [9.17, 15) is 14.0 Å². The summed E-state index contributed by atoms with van der Waals surface area (Å²) in [5.74, 6) is -1.45. The molecule has 0 radical (unpaired) electrons. The molecule has 1 N–H and O–H groups in total. The number of nitrogens with one attached hydrogen (secondary N) is 1. The van der Waals surface area contributed by atoms with E-state index in [4.69, 9.17) is 34.8 Å². The van der Waals surface area contributed by atoms with Gasteiger partial charge in [-0.25, -0.2) is 9.40 Å². The third-order valence-electron chi connectivity index (χ3n) is 3.72. The maximum absolute atomic E-state index is 13.1. The van der Waals surface area contributed by atoms with E-state index >= 15 is 0 Å². The van der Waals surface area contributed by atoms with E-state index < -0.39 is 23.2 Å². The number of amides is 2. The van der Waals surface area contributed by atoms with Gasteiger partial charge in [-0.15, -0.1) is 0 Å². The average molecular weight is 444 g/mol. The monoisotopic (exact) mass is 442 g/mol. The van der Waals surface area contributed by atoms with Gasteiger partial charge in [-0.1, -0.05) is 46.9 Å². The first-order valence-electron chi connectivity index (χ1n) is 8.23. The van der Waals surface area contributed by atoms with Crippen LogP contribution in [-0.4, -0.2) is 22.4 Å². The number of hydrogen-bond acceptors (Lipinski definition) is 2. The summed E-state index contributed by atoms with van der Waals surface area (Å²) in [6, 6.07) is 11.4. The van der Waals surface area contributed by atoms with E-state index in [1.165, 1.54) is 35.3 Å². The van der Waals surface area contributed by atoms with Crippen molar-refractivity contribution in [2.75, 3.05) is 0 Å². The highest BCUT2D eigenvalue weighted by atomic mass is 35.5. The third-order valence-corrected chi connectivity index (χ3v) is 4.70. The lowest BCUT2D eigenvalue weighted by molar-refractivity contribution is 0.0358. The molecule has 8 heteroatoms. The molecule has 2 amide bonds. The van der Waals surface area contributed by atoms with Gasteiger partial charge in [-0.2, -0.15) is 0 Å². The van der Waals surface area contributed by atoms with Crippen molar-refractivity contribution >= 4 is 51.6 Å². The quantitative estimate of drug-likeness (QED) is 0.614. The van der Waals surface area contributed by atoms with Crippen LogP contribution in [0.15, 0.2) is 53.0 Å². The largest absolute Gasteiger partial charge is 0.272 e. The number of carbonyl (C=O) groups excluding carboxylic acids is 2. The van der Waals surface area contributed by atoms with E-state index in [2.05, 4.69) is 5.43 Å². The predicted molar refractivity (Wildman–Crippen MR) is 111 cm³/mol. The zero-order valence-corrected chi connectivity index (χ0v) is 17.7. The van der Waals surface area contributed by atoms with Crippen molar-refractivity contribution in [1.29, 1.82) is 0 Å². The molecule has 0 unspecified atom stereocenters. The van der Waals surface area contributed by atoms with Crippen molar-refractivity contribution in [2.45, 2.75) is 26.3 Å². The molecular weight excluding hydrogens is 426 g/mol. The van der Waals surface area contributed by atoms with Crippen molar-refractivity contribution < 1.29 is 14.0 Å². The van der Waals surface area contributed by atoms with Crippen LogP contribution in [0.2, 0.25) is 0 Å². The highest BCUT2D eigenvalue weighted by molar-refractivity contribution is 6.66. The molecule has 148 valence electrons. The Balaban J connectivity index is 2.32. The Morgan fingerprint density at radius 3 is 2.04 bits per heavy atom. The summed E-state index contributed by atoms with van der Waals surface area (Å²) >= 11 is 17.4. The fraction of sp³-hybridized carbons (Fsp3) is 0.200. The fourth-order valence-electron chi connectivity index (χ4n) is 2.32. The molecule has 0 atom stereocenters. The lowest BCUT2D eigenvalue weighted by Gasteiger charge is -2.35. The summed E-state index contributed by atoms with van der Waals surface area (Å²) in [5.41, 5.74) is 2.82. The molecule has 0 heterocycles. The van der Waals surface area contributed by atoms with Gasteiger partial charge < -0.3 is 0 Å². The van der Waals surface area contributed by atoms with Gasteiger partial charge in [0, 0.05) is 11.1 Å². The molecule has 0 aliphatic rings. The van der Waals surface area contributed by atoms with Crippen LogP contribution in [-0.2, 0) is 0 Å². The molecule has 0 aromatic heterocycles. The summed E-state index contributed by atoms with van der Waals surface area (Å²) in [5, 5.41) is 1.30. The standard InChI is InChI=1S/C20H18Cl3FN2O2/c1-20(2,3)26(19(28)12-7-9-15(24)10-8-12)25-18(27)14-6-4-5-13(11-14)16(21)17(22)23/h4-11H,1-3H3,(H,25,27). The summed E-state index contributed by atoms with van der Waals surface area (Å²) in [6.45, 7) is 5.29. The van der Waals surface area contributed by atoms with Crippen LogP contribution in [0, 0.1) is 5.82 Å². The minimum atomic E-state index is -0.740. The van der Waals surface area contributed by atoms with Gasteiger partial charge in [0.25, 0.3) is 11.8 Å². The Kier molecular flexibility index (Phi) is 7.10. The Morgan fingerprint density at radius 2 is 1.50 bits per heavy atom. The van der Waals surface area contributed by atoms with Crippen LogP contribution in [0.4, 0.5) is 4.39 Å². The summed E-state index contributed by atoms with van der Waals surface area (Å²) in [6.07, 6.45) is 0. The van der Waals surface area contributed by atoms with Crippen molar-refractivity contribution in [3.8, 4) is 0 Å². The number of halogens is 4. The Bertz CT molecular complexity index is 918. The maximum atomic E-state index is 13.1. The molecule has 28 heavy (non-hydrogen) atoms. The zero-order chi connectivity index (χ0) is 21.1. The fourth-order valence-corrected chi connectivity index (χ4v) is 2.65. The summed E-state index contributed by atoms with van der Waals surface area (Å²) < 4.78 is 13.0. The lowest BCUT2D eigenvalue weighted by atomic mass is 10.1. The second-order valence-corrected chi connectivity index (χ2v) is 8.24. The number of hydrogen-bond donors (Lipinski definition) is 1. The second-order valence-electron chi connectivity index (χ2n) is 6.91. The van der Waals surface area contributed by atoms with E-state index in [1.807, 2.05) is 0 Å². The first-order valence-corrected chi connectivity index (χ1v) is 9.36. The van der Waals surface area contributed by atoms with Crippen molar-refractivity contribution in [3.05, 3.63) is 75.5 Å². The van der Waals surface area contributed by atoms with E-state index in [1.54, 1.807) is 39.0 Å². The number of carbonyl (C=O) groups is 2. The van der Waals surface area contributed by atoms with Gasteiger partial charge >= 0.3 is 0 Å². The smallest absolute Gasteiger partial charge is 0.267 e. The van der Waals surface area contributed by atoms with Gasteiger partial charge in [0.15, 0.2) is 0 Å². The molecular formula is C20H18Cl3FN2O2. The van der Waals surface area contributed by atoms with Crippen molar-refractivity contribution in [3.63, 3.8) is 0 Å². The van der Waals surface area contributed by atoms with Crippen LogP contribution >= 0.6 is 34.8 Å². The first kappa shape index (κ1) is 22.2. The minimum absolute atomic E-state index is 0.105. The first-order chi connectivity index (χ1) is 13.0. The topological polar surface area (TPSA) is 49.4 Å². The van der Waals surface area contributed by atoms with Crippen LogP contribution < -0.4 is 5.43 Å². The Labute approximate surface area is 177 Å². The van der Waals surface area contributed by atoms with Crippen molar-refractivity contribution in [1.82, 2.24) is 10.4 Å². The third kappa shape index (κ3) is 5.47. The summed E-state index contributed by atoms with van der Waals surface area (Å²) in [4.78, 5) is 25.6. The highest BCUT2D eigenvalue weighted by Gasteiger charge is 2.29. The zero-order valence-electron chi connectivity index (χ0n) is 15.4. The molecule has 0 spiro atoms. The number of hydrazine groups is 1. The maximum Gasteiger partial charge on any atom is 0.272 e. The van der Waals surface area contributed by atoms with Gasteiger partial charge in [-0.3, -0.25) is 15.0 Å². The molecule has 0 aliphatic heterocycles. The van der Waals surface area contributed by atoms with Gasteiger partial charge in [0.05, 0.1) is 10.6 Å². The Morgan fingerprint density at radius 1 is 0.929 bits per heavy atom. The van der Waals surface area contributed by atoms with E-state index in [0.717, 1.165) is 0 Å². The van der Waals surface area contributed by atoms with Crippen LogP contribution in [0.25, 0.3) is 5.03 Å². The van der Waals surface area contributed by atoms with E-state index in [0.29, 0.717) is 5.56 Å². The Hall–Kier alpha value is -2.08. The second kappa shape index (κ2) is 8.95. The normalized spacial score (nSPS) is 11.0. The molecule has 2 rings (SSSR count). The number of nitrogens with zero attached hydrogens (tertiary/aromatic N) is 1. The molecule has 0 saturated heterocycles. The van der Waals surface area contributed by atoms with Gasteiger partial charge in [-0.05, 0) is 62.7 Å². The molecule has 0 bridgehead atoms. The summed E-state index contributed by atoms with van der Waals surface area (Å²) in [7, 11) is 0. The SMILES string of the molecule is CC(C)(C)N(NC(=O)c1cccc(C(Cl)=C(Cl)Cl)c1)C(=O)c1ccc(F)cc1. The van der Waals surface area contributed by atoms with Crippen LogP contribution in [0.1, 0.15) is 47.1 Å². The minimum Gasteiger partial charge on any atom is -0.267 e. The molecule has 2 aromatic carbocycles. The molecule has 2 aromatic rings.